The van der Waals surface area contributed by atoms with Crippen LogP contribution in [-0.2, 0) is 15.0 Å². The first-order valence-electron chi connectivity index (χ1n) is 13.7. The van der Waals surface area contributed by atoms with Gasteiger partial charge >= 0.3 is 0 Å². The molecule has 8 rings (SSSR count). The molecule has 0 unspecified atom stereocenters. The normalized spacial score (nSPS) is 23.1. The summed E-state index contributed by atoms with van der Waals surface area (Å²) in [5.74, 6) is -3.26. The molecule has 1 N–H and O–H groups in total. The summed E-state index contributed by atoms with van der Waals surface area (Å²) in [7, 11) is 1.51. The van der Waals surface area contributed by atoms with E-state index in [9.17, 15) is 24.5 Å². The molecule has 1 heterocycles. The van der Waals surface area contributed by atoms with Crippen LogP contribution in [0.2, 0.25) is 0 Å². The molecule has 4 aromatic rings. The lowest BCUT2D eigenvalue weighted by Gasteiger charge is -2.52. The number of nitrogens with zero attached hydrogens (tertiary/aromatic N) is 3. The number of para-hydroxylation sites is 2. The van der Waals surface area contributed by atoms with Crippen LogP contribution in [0.3, 0.4) is 0 Å². The maximum Gasteiger partial charge on any atom is 0.293 e. The molecule has 3 amide bonds. The quantitative estimate of drug-likeness (QED) is 0.156. The van der Waals surface area contributed by atoms with E-state index in [-0.39, 0.29) is 11.4 Å². The third kappa shape index (κ3) is 3.66. The molecule has 10 nitrogen and oxygen atoms in total. The highest BCUT2D eigenvalue weighted by Gasteiger charge is 2.68. The number of nitrogens with one attached hydrogen (secondary N) is 1. The first-order valence-corrected chi connectivity index (χ1v) is 13.7. The number of hydrazone groups is 1. The van der Waals surface area contributed by atoms with Gasteiger partial charge in [0, 0.05) is 23.8 Å². The first kappa shape index (κ1) is 26.3. The van der Waals surface area contributed by atoms with E-state index < -0.39 is 45.8 Å². The number of benzene rings is 4. The van der Waals surface area contributed by atoms with Gasteiger partial charge in [0.25, 0.3) is 11.6 Å². The Bertz CT molecular complexity index is 1840. The molecule has 2 atom stereocenters. The molecule has 3 aliphatic carbocycles. The highest BCUT2D eigenvalue weighted by Crippen LogP contribution is 2.63. The van der Waals surface area contributed by atoms with Crippen LogP contribution in [0.4, 0.5) is 11.4 Å². The van der Waals surface area contributed by atoms with Crippen molar-refractivity contribution in [3.8, 4) is 5.75 Å². The van der Waals surface area contributed by atoms with Gasteiger partial charge in [-0.25, -0.2) is 10.3 Å². The molecule has 0 saturated carbocycles. The van der Waals surface area contributed by atoms with Crippen LogP contribution < -0.4 is 15.1 Å². The van der Waals surface area contributed by atoms with Crippen LogP contribution in [0.15, 0.2) is 102 Å². The predicted molar refractivity (Wildman–Crippen MR) is 157 cm³/mol. The zero-order chi connectivity index (χ0) is 29.9. The van der Waals surface area contributed by atoms with Gasteiger partial charge in [-0.15, -0.1) is 0 Å². The number of anilines is 1. The third-order valence-corrected chi connectivity index (χ3v) is 8.77. The van der Waals surface area contributed by atoms with Crippen LogP contribution in [-0.4, -0.2) is 36.0 Å². The summed E-state index contributed by atoms with van der Waals surface area (Å²) in [5.41, 5.74) is 4.61. The van der Waals surface area contributed by atoms with E-state index in [1.165, 1.54) is 25.3 Å². The maximum atomic E-state index is 14.4. The molecule has 4 aromatic carbocycles. The van der Waals surface area contributed by atoms with E-state index in [1.54, 1.807) is 36.5 Å². The summed E-state index contributed by atoms with van der Waals surface area (Å²) in [4.78, 5) is 54.1. The molecule has 212 valence electrons. The fourth-order valence-electron chi connectivity index (χ4n) is 7.12. The van der Waals surface area contributed by atoms with E-state index in [4.69, 9.17) is 4.74 Å². The minimum Gasteiger partial charge on any atom is -0.497 e. The van der Waals surface area contributed by atoms with Gasteiger partial charge in [-0.3, -0.25) is 24.5 Å². The minimum absolute atomic E-state index is 0.0668. The van der Waals surface area contributed by atoms with Crippen molar-refractivity contribution in [3.05, 3.63) is 135 Å². The van der Waals surface area contributed by atoms with Crippen LogP contribution in [0.25, 0.3) is 0 Å². The maximum absolute atomic E-state index is 14.4. The van der Waals surface area contributed by atoms with Crippen LogP contribution in [0, 0.1) is 22.0 Å². The van der Waals surface area contributed by atoms with Gasteiger partial charge in [-0.05, 0) is 46.5 Å². The molecular formula is C33H24N4O6. The third-order valence-electron chi connectivity index (χ3n) is 8.77. The summed E-state index contributed by atoms with van der Waals surface area (Å²) in [6, 6.07) is 27.6. The van der Waals surface area contributed by atoms with Gasteiger partial charge in [0.2, 0.25) is 11.8 Å². The molecule has 1 fully saturated rings. The van der Waals surface area contributed by atoms with Gasteiger partial charge in [0.05, 0.1) is 29.3 Å². The molecule has 1 saturated heterocycles. The number of carbonyl (C=O) groups is 3. The molecule has 0 spiro atoms. The SMILES string of the molecule is COc1cccc(C(=O)N/N=C\C23c4ccccc4C(c4ccccc42)[C@H]2C(=O)N(c4ccccc4[N+](=O)[O-])C(=O)[C@H]23)c1. The number of ether oxygens (including phenoxy) is 1. The standard InChI is InChI=1S/C33H24N4O6/c1-43-20-10-8-9-19(17-20)30(38)35-34-18-33-23-13-4-2-11-21(23)27(22-12-3-5-14-24(22)33)28-29(33)32(40)36(31(28)39)25-15-6-7-16-26(25)37(41)42/h2-18,27-29H,1H3,(H,35,38)/b34-18-/t27?,28-,29+,33?/m1/s1. The number of hydrogen-bond donors (Lipinski definition) is 1. The second-order valence-corrected chi connectivity index (χ2v) is 10.7. The Balaban J connectivity index is 1.40. The molecule has 1 aliphatic heterocycles. The molecule has 0 radical (unpaired) electrons. The number of nitro groups is 1. The van der Waals surface area contributed by atoms with Crippen molar-refractivity contribution < 1.29 is 24.0 Å². The second kappa shape index (κ2) is 9.73. The van der Waals surface area contributed by atoms with E-state index in [1.807, 2.05) is 48.5 Å². The molecule has 43 heavy (non-hydrogen) atoms. The van der Waals surface area contributed by atoms with Crippen LogP contribution >= 0.6 is 0 Å². The van der Waals surface area contributed by atoms with Crippen molar-refractivity contribution >= 4 is 35.3 Å². The lowest BCUT2D eigenvalue weighted by molar-refractivity contribution is -0.384. The zero-order valence-electron chi connectivity index (χ0n) is 22.8. The Morgan fingerprint density at radius 3 is 2.26 bits per heavy atom. The Labute approximate surface area is 245 Å². The number of carbonyl (C=O) groups excluding carboxylic acids is 3. The lowest BCUT2D eigenvalue weighted by Crippen LogP contribution is -2.54. The van der Waals surface area contributed by atoms with Gasteiger partial charge in [-0.1, -0.05) is 66.7 Å². The van der Waals surface area contributed by atoms with Crippen LogP contribution in [0.5, 0.6) is 5.75 Å². The first-order chi connectivity index (χ1) is 20.9. The highest BCUT2D eigenvalue weighted by atomic mass is 16.6. The number of nitro benzene ring substituents is 1. The van der Waals surface area contributed by atoms with Crippen molar-refractivity contribution in [1.29, 1.82) is 0 Å². The topological polar surface area (TPSA) is 131 Å². The van der Waals surface area contributed by atoms with Gasteiger partial charge < -0.3 is 4.74 Å². The van der Waals surface area contributed by atoms with Gasteiger partial charge in [0.15, 0.2) is 0 Å². The molecule has 0 aromatic heterocycles. The van der Waals surface area contributed by atoms with E-state index in [2.05, 4.69) is 10.5 Å². The van der Waals surface area contributed by atoms with E-state index in [0.29, 0.717) is 11.3 Å². The lowest BCUT2D eigenvalue weighted by atomic mass is 9.47. The Kier molecular flexibility index (Phi) is 5.94. The van der Waals surface area contributed by atoms with Crippen molar-refractivity contribution in [1.82, 2.24) is 5.43 Å². The predicted octanol–water partition coefficient (Wildman–Crippen LogP) is 4.57. The monoisotopic (exact) mass is 572 g/mol. The molecule has 2 bridgehead atoms. The van der Waals surface area contributed by atoms with E-state index >= 15 is 0 Å². The number of hydrogen-bond acceptors (Lipinski definition) is 7. The minimum atomic E-state index is -1.24. The number of amides is 3. The van der Waals surface area contributed by atoms with Crippen LogP contribution in [0.1, 0.15) is 38.5 Å². The average molecular weight is 573 g/mol. The summed E-state index contributed by atoms with van der Waals surface area (Å²) in [5, 5.41) is 16.3. The largest absolute Gasteiger partial charge is 0.497 e. The Morgan fingerprint density at radius 2 is 1.58 bits per heavy atom. The summed E-state index contributed by atoms with van der Waals surface area (Å²) in [6.45, 7) is 0. The van der Waals surface area contributed by atoms with E-state index in [0.717, 1.165) is 27.2 Å². The summed E-state index contributed by atoms with van der Waals surface area (Å²) >= 11 is 0. The number of rotatable bonds is 6. The number of imide groups is 1. The average Bonchev–Trinajstić information content (AvgIpc) is 3.31. The number of methoxy groups -OCH3 is 1. The van der Waals surface area contributed by atoms with Gasteiger partial charge in [-0.2, -0.15) is 5.10 Å². The van der Waals surface area contributed by atoms with Crippen molar-refractivity contribution in [2.45, 2.75) is 11.3 Å². The molecule has 10 heteroatoms. The zero-order valence-corrected chi connectivity index (χ0v) is 22.8. The second-order valence-electron chi connectivity index (χ2n) is 10.7. The smallest absolute Gasteiger partial charge is 0.293 e. The highest BCUT2D eigenvalue weighted by molar-refractivity contribution is 6.25. The Morgan fingerprint density at radius 1 is 0.930 bits per heavy atom. The molecular weight excluding hydrogens is 548 g/mol. The van der Waals surface area contributed by atoms with Crippen molar-refractivity contribution in [3.63, 3.8) is 0 Å². The van der Waals surface area contributed by atoms with Crippen molar-refractivity contribution in [2.75, 3.05) is 12.0 Å². The fraction of sp³-hybridized carbons (Fsp3) is 0.152. The summed E-state index contributed by atoms with van der Waals surface area (Å²) < 4.78 is 5.23. The Hall–Kier alpha value is -5.64. The van der Waals surface area contributed by atoms with Gasteiger partial charge in [0.1, 0.15) is 11.4 Å². The van der Waals surface area contributed by atoms with Crippen molar-refractivity contribution in [2.24, 2.45) is 16.9 Å². The summed E-state index contributed by atoms with van der Waals surface area (Å²) in [6.07, 6.45) is 1.55. The fourth-order valence-corrected chi connectivity index (χ4v) is 7.12. The molecule has 4 aliphatic rings.